The fourth-order valence-electron chi connectivity index (χ4n) is 1.50. The Balaban J connectivity index is 2.21. The maximum Gasteiger partial charge on any atom is 0.256 e. The number of aryl methyl sites for hydroxylation is 3. The maximum atomic E-state index is 11.4. The van der Waals surface area contributed by atoms with E-state index >= 15 is 0 Å². The van der Waals surface area contributed by atoms with Crippen LogP contribution in [0, 0.1) is 20.8 Å². The van der Waals surface area contributed by atoms with Crippen LogP contribution in [0.2, 0.25) is 0 Å². The minimum atomic E-state index is -0.135. The van der Waals surface area contributed by atoms with Crippen molar-refractivity contribution in [3.8, 4) is 0 Å². The SMILES string of the molecule is Cc1cc(=O)[nH]c([C@@H](C)Sc2nc(C)c(C)o2)n1. The largest absolute Gasteiger partial charge is 0.437 e. The van der Waals surface area contributed by atoms with Crippen molar-refractivity contribution in [2.45, 2.75) is 38.2 Å². The third kappa shape index (κ3) is 2.81. The third-order valence-corrected chi connectivity index (χ3v) is 3.51. The van der Waals surface area contributed by atoms with E-state index in [1.807, 2.05) is 20.8 Å². The lowest BCUT2D eigenvalue weighted by Crippen LogP contribution is -2.12. The summed E-state index contributed by atoms with van der Waals surface area (Å²) in [5, 5.41) is 0.580. The second-order valence-corrected chi connectivity index (χ2v) is 5.45. The Morgan fingerprint density at radius 2 is 2.06 bits per heavy atom. The van der Waals surface area contributed by atoms with Crippen LogP contribution in [0.3, 0.4) is 0 Å². The first-order valence-corrected chi connectivity index (χ1v) is 6.52. The monoisotopic (exact) mass is 265 g/mol. The van der Waals surface area contributed by atoms with Crippen LogP contribution < -0.4 is 5.56 Å². The summed E-state index contributed by atoms with van der Waals surface area (Å²) in [5.41, 5.74) is 1.46. The molecule has 0 bridgehead atoms. The minimum Gasteiger partial charge on any atom is -0.437 e. The van der Waals surface area contributed by atoms with Crippen LogP contribution in [0.1, 0.15) is 35.1 Å². The van der Waals surface area contributed by atoms with Gasteiger partial charge >= 0.3 is 0 Å². The van der Waals surface area contributed by atoms with Crippen molar-refractivity contribution in [3.63, 3.8) is 0 Å². The first-order valence-electron chi connectivity index (χ1n) is 5.64. The van der Waals surface area contributed by atoms with Crippen LogP contribution in [0.25, 0.3) is 0 Å². The molecule has 2 heterocycles. The van der Waals surface area contributed by atoms with Gasteiger partial charge in [0.25, 0.3) is 10.8 Å². The van der Waals surface area contributed by atoms with Gasteiger partial charge in [-0.2, -0.15) is 0 Å². The van der Waals surface area contributed by atoms with Gasteiger partial charge < -0.3 is 9.40 Å². The zero-order valence-corrected chi connectivity index (χ0v) is 11.6. The van der Waals surface area contributed by atoms with Gasteiger partial charge in [-0.15, -0.1) is 0 Å². The van der Waals surface area contributed by atoms with E-state index in [9.17, 15) is 4.79 Å². The number of aromatic nitrogens is 3. The van der Waals surface area contributed by atoms with E-state index in [0.717, 1.165) is 11.5 Å². The number of oxazole rings is 1. The van der Waals surface area contributed by atoms with Crippen molar-refractivity contribution in [3.05, 3.63) is 39.4 Å². The average Bonchev–Trinajstić information content (AvgIpc) is 2.56. The number of nitrogens with zero attached hydrogens (tertiary/aromatic N) is 2. The fraction of sp³-hybridized carbons (Fsp3) is 0.417. The first-order chi connectivity index (χ1) is 8.45. The Morgan fingerprint density at radius 1 is 1.33 bits per heavy atom. The summed E-state index contributed by atoms with van der Waals surface area (Å²) < 4.78 is 5.50. The second kappa shape index (κ2) is 4.97. The van der Waals surface area contributed by atoms with E-state index in [0.29, 0.717) is 16.7 Å². The number of H-pyrrole nitrogens is 1. The van der Waals surface area contributed by atoms with E-state index in [2.05, 4.69) is 15.0 Å². The predicted octanol–water partition coefficient (Wildman–Crippen LogP) is 2.54. The van der Waals surface area contributed by atoms with Gasteiger partial charge in [0.05, 0.1) is 10.9 Å². The molecule has 0 aliphatic carbocycles. The molecule has 0 amide bonds. The average molecular weight is 265 g/mol. The molecule has 1 atom stereocenters. The second-order valence-electron chi connectivity index (χ2n) is 4.15. The molecule has 0 unspecified atom stereocenters. The quantitative estimate of drug-likeness (QED) is 0.863. The van der Waals surface area contributed by atoms with Crippen LogP contribution in [0.4, 0.5) is 0 Å². The van der Waals surface area contributed by atoms with E-state index in [1.165, 1.54) is 17.8 Å². The number of hydrogen-bond donors (Lipinski definition) is 1. The van der Waals surface area contributed by atoms with Gasteiger partial charge in [0, 0.05) is 11.8 Å². The molecule has 0 saturated carbocycles. The van der Waals surface area contributed by atoms with Gasteiger partial charge in [-0.3, -0.25) is 4.79 Å². The molecule has 0 saturated heterocycles. The summed E-state index contributed by atoms with van der Waals surface area (Å²) in [4.78, 5) is 22.7. The maximum absolute atomic E-state index is 11.4. The highest BCUT2D eigenvalue weighted by molar-refractivity contribution is 7.99. The summed E-state index contributed by atoms with van der Waals surface area (Å²) in [5.74, 6) is 1.45. The molecule has 0 aromatic carbocycles. The molecule has 0 aliphatic rings. The Hall–Kier alpha value is -1.56. The highest BCUT2D eigenvalue weighted by Gasteiger charge is 2.15. The van der Waals surface area contributed by atoms with Crippen molar-refractivity contribution >= 4 is 11.8 Å². The number of aromatic amines is 1. The summed E-state index contributed by atoms with van der Waals surface area (Å²) in [6, 6.07) is 1.47. The molecule has 96 valence electrons. The third-order valence-electron chi connectivity index (χ3n) is 2.56. The molecule has 1 N–H and O–H groups in total. The molecular weight excluding hydrogens is 250 g/mol. The summed E-state index contributed by atoms with van der Waals surface area (Å²) in [6.45, 7) is 7.54. The van der Waals surface area contributed by atoms with Crippen molar-refractivity contribution in [2.75, 3.05) is 0 Å². The first kappa shape index (κ1) is 12.9. The molecule has 2 aromatic rings. The molecule has 6 heteroatoms. The van der Waals surface area contributed by atoms with Crippen LogP contribution in [-0.4, -0.2) is 15.0 Å². The smallest absolute Gasteiger partial charge is 0.256 e. The fourth-order valence-corrected chi connectivity index (χ4v) is 2.38. The standard InChI is InChI=1S/C12H15N3O2S/c1-6-5-10(16)15-11(13-6)9(4)18-12-14-7(2)8(3)17-12/h5,9H,1-4H3,(H,13,15,16)/t9-/m1/s1. The van der Waals surface area contributed by atoms with Crippen molar-refractivity contribution in [1.82, 2.24) is 15.0 Å². The van der Waals surface area contributed by atoms with E-state index in [1.54, 1.807) is 6.92 Å². The topological polar surface area (TPSA) is 71.8 Å². The van der Waals surface area contributed by atoms with Crippen LogP contribution >= 0.6 is 11.8 Å². The number of nitrogens with one attached hydrogen (secondary N) is 1. The van der Waals surface area contributed by atoms with E-state index in [4.69, 9.17) is 4.42 Å². The van der Waals surface area contributed by atoms with Crippen LogP contribution in [-0.2, 0) is 0 Å². The molecular formula is C12H15N3O2S. The molecule has 0 spiro atoms. The van der Waals surface area contributed by atoms with Crippen molar-refractivity contribution in [1.29, 1.82) is 0 Å². The molecule has 5 nitrogen and oxygen atoms in total. The van der Waals surface area contributed by atoms with Crippen LogP contribution in [0.5, 0.6) is 0 Å². The van der Waals surface area contributed by atoms with Gasteiger partial charge in [0.15, 0.2) is 0 Å². The Bertz CT molecular complexity index is 599. The van der Waals surface area contributed by atoms with E-state index < -0.39 is 0 Å². The molecule has 2 aromatic heterocycles. The van der Waals surface area contributed by atoms with Crippen molar-refractivity contribution < 1.29 is 4.42 Å². The molecule has 18 heavy (non-hydrogen) atoms. The normalized spacial score (nSPS) is 12.7. The highest BCUT2D eigenvalue weighted by Crippen LogP contribution is 2.32. The summed E-state index contributed by atoms with van der Waals surface area (Å²) >= 11 is 1.44. The van der Waals surface area contributed by atoms with Crippen molar-refractivity contribution in [2.24, 2.45) is 0 Å². The molecule has 2 rings (SSSR count). The van der Waals surface area contributed by atoms with Gasteiger partial charge in [-0.1, -0.05) is 11.8 Å². The highest BCUT2D eigenvalue weighted by atomic mass is 32.2. The number of rotatable bonds is 3. The molecule has 0 aliphatic heterocycles. The lowest BCUT2D eigenvalue weighted by molar-refractivity contribution is 0.430. The lowest BCUT2D eigenvalue weighted by atomic mass is 10.4. The van der Waals surface area contributed by atoms with Gasteiger partial charge in [0.2, 0.25) is 0 Å². The number of hydrogen-bond acceptors (Lipinski definition) is 5. The Kier molecular flexibility index (Phi) is 3.56. The van der Waals surface area contributed by atoms with Gasteiger partial charge in [-0.05, 0) is 27.7 Å². The lowest BCUT2D eigenvalue weighted by Gasteiger charge is -2.07. The van der Waals surface area contributed by atoms with Gasteiger partial charge in [-0.25, -0.2) is 9.97 Å². The predicted molar refractivity (Wildman–Crippen MR) is 69.8 cm³/mol. The number of thioether (sulfide) groups is 1. The Labute approximate surface area is 109 Å². The Morgan fingerprint density at radius 3 is 2.61 bits per heavy atom. The van der Waals surface area contributed by atoms with Gasteiger partial charge in [0.1, 0.15) is 11.6 Å². The molecule has 0 fully saturated rings. The molecule has 0 radical (unpaired) electrons. The summed E-state index contributed by atoms with van der Waals surface area (Å²) in [7, 11) is 0. The van der Waals surface area contributed by atoms with Crippen LogP contribution in [0.15, 0.2) is 20.5 Å². The minimum absolute atomic E-state index is 0.0185. The van der Waals surface area contributed by atoms with E-state index in [-0.39, 0.29) is 10.8 Å². The zero-order valence-electron chi connectivity index (χ0n) is 10.8. The summed E-state index contributed by atoms with van der Waals surface area (Å²) in [6.07, 6.45) is 0. The zero-order chi connectivity index (χ0) is 13.3.